The van der Waals surface area contributed by atoms with E-state index < -0.39 is 48.0 Å². The molecule has 0 spiro atoms. The highest BCUT2D eigenvalue weighted by Gasteiger charge is 2.28. The van der Waals surface area contributed by atoms with Gasteiger partial charge in [0.15, 0.2) is 0 Å². The summed E-state index contributed by atoms with van der Waals surface area (Å²) in [6.45, 7) is 1.20. The van der Waals surface area contributed by atoms with Crippen molar-refractivity contribution in [2.45, 2.75) is 38.5 Å². The van der Waals surface area contributed by atoms with E-state index in [0.29, 0.717) is 0 Å². The lowest BCUT2D eigenvalue weighted by Crippen LogP contribution is -2.54. The number of hydrogen-bond acceptors (Lipinski definition) is 5. The number of esters is 1. The predicted octanol–water partition coefficient (Wildman–Crippen LogP) is 0.976. The molecule has 4 N–H and O–H groups in total. The Hall–Kier alpha value is -3.75. The second-order valence-electron chi connectivity index (χ2n) is 6.86. The number of benzene rings is 2. The van der Waals surface area contributed by atoms with Gasteiger partial charge in [0.05, 0.1) is 6.42 Å². The molecule has 9 heteroatoms. The average Bonchev–Trinajstić information content (AvgIpc) is 2.73. The molecule has 2 aromatic rings. The fraction of sp³-hybridized carbons (Fsp3) is 0.273. The van der Waals surface area contributed by atoms with Crippen LogP contribution >= 0.6 is 0 Å². The Morgan fingerprint density at radius 1 is 0.968 bits per heavy atom. The van der Waals surface area contributed by atoms with Crippen molar-refractivity contribution in [1.82, 2.24) is 10.6 Å². The van der Waals surface area contributed by atoms with E-state index in [1.807, 2.05) is 6.07 Å². The van der Waals surface area contributed by atoms with Gasteiger partial charge in [0.1, 0.15) is 24.5 Å². The fourth-order valence-corrected chi connectivity index (χ4v) is 2.80. The molecule has 2 atom stereocenters. The third-order valence-corrected chi connectivity index (χ3v) is 4.35. The number of ether oxygens (including phenoxy) is 1. The monoisotopic (exact) mass is 429 g/mol. The highest BCUT2D eigenvalue weighted by atomic mass is 19.1. The molecule has 0 aliphatic heterocycles. The van der Waals surface area contributed by atoms with Crippen molar-refractivity contribution in [2.24, 2.45) is 5.73 Å². The van der Waals surface area contributed by atoms with Gasteiger partial charge < -0.3 is 21.1 Å². The summed E-state index contributed by atoms with van der Waals surface area (Å²) >= 11 is 0. The molecular weight excluding hydrogens is 405 g/mol. The van der Waals surface area contributed by atoms with Crippen LogP contribution in [0.5, 0.6) is 0 Å². The molecule has 0 unspecified atom stereocenters. The van der Waals surface area contributed by atoms with Crippen molar-refractivity contribution in [1.29, 1.82) is 0 Å². The van der Waals surface area contributed by atoms with Crippen molar-refractivity contribution < 1.29 is 28.3 Å². The maximum absolute atomic E-state index is 14.0. The summed E-state index contributed by atoms with van der Waals surface area (Å²) in [7, 11) is 0. The first kappa shape index (κ1) is 23.5. The van der Waals surface area contributed by atoms with E-state index >= 15 is 0 Å². The average molecular weight is 429 g/mol. The van der Waals surface area contributed by atoms with Crippen LogP contribution in [0, 0.1) is 5.82 Å². The third kappa shape index (κ3) is 7.88. The molecule has 31 heavy (non-hydrogen) atoms. The van der Waals surface area contributed by atoms with Gasteiger partial charge in [0, 0.05) is 13.3 Å². The molecule has 0 saturated heterocycles. The van der Waals surface area contributed by atoms with Crippen molar-refractivity contribution in [3.63, 3.8) is 0 Å². The van der Waals surface area contributed by atoms with Crippen LogP contribution in [0.15, 0.2) is 54.6 Å². The van der Waals surface area contributed by atoms with E-state index in [4.69, 9.17) is 10.5 Å². The Bertz CT molecular complexity index is 936. The first-order valence-corrected chi connectivity index (χ1v) is 9.56. The number of rotatable bonds is 10. The molecule has 0 fully saturated rings. The van der Waals surface area contributed by atoms with E-state index in [-0.39, 0.29) is 18.6 Å². The lowest BCUT2D eigenvalue weighted by Gasteiger charge is -2.21. The predicted molar refractivity (Wildman–Crippen MR) is 110 cm³/mol. The topological polar surface area (TPSA) is 128 Å². The van der Waals surface area contributed by atoms with Gasteiger partial charge in [-0.05, 0) is 17.2 Å². The first-order valence-electron chi connectivity index (χ1n) is 9.56. The van der Waals surface area contributed by atoms with Crippen LogP contribution in [-0.2, 0) is 36.9 Å². The first-order chi connectivity index (χ1) is 14.8. The van der Waals surface area contributed by atoms with Crippen molar-refractivity contribution >= 4 is 23.7 Å². The molecule has 0 radical (unpaired) electrons. The summed E-state index contributed by atoms with van der Waals surface area (Å²) in [5.41, 5.74) is 6.27. The Morgan fingerprint density at radius 3 is 2.23 bits per heavy atom. The molecular formula is C22H24FN3O5. The molecule has 2 aromatic carbocycles. The quantitative estimate of drug-likeness (QED) is 0.485. The smallest absolute Gasteiger partial charge is 0.308 e. The number of nitrogens with one attached hydrogen (secondary N) is 2. The molecule has 0 aromatic heterocycles. The molecule has 8 nitrogen and oxygen atoms in total. The van der Waals surface area contributed by atoms with Crippen LogP contribution < -0.4 is 16.4 Å². The maximum atomic E-state index is 14.0. The van der Waals surface area contributed by atoms with E-state index in [2.05, 4.69) is 10.6 Å². The molecule has 3 amide bonds. The molecule has 164 valence electrons. The molecule has 0 saturated carbocycles. The number of carbonyl (C=O) groups is 4. The highest BCUT2D eigenvalue weighted by molar-refractivity contribution is 5.93. The van der Waals surface area contributed by atoms with Crippen LogP contribution in [0.25, 0.3) is 0 Å². The standard InChI is InChI=1S/C22H24FN3O5/c1-14(27)25-19(11-16-9-5-6-10-17(16)23)22(30)26-18(21(24)29)12-20(28)31-13-15-7-3-2-4-8-15/h2-10,18-19H,11-13H2,1H3,(H2,24,29)(H,25,27)(H,26,30)/t18-,19-/m0/s1. The molecule has 0 aliphatic rings. The van der Waals surface area contributed by atoms with Gasteiger partial charge in [-0.1, -0.05) is 48.5 Å². The van der Waals surface area contributed by atoms with Gasteiger partial charge in [-0.25, -0.2) is 4.39 Å². The Kier molecular flexibility index (Phi) is 8.68. The number of primary amides is 1. The SMILES string of the molecule is CC(=O)N[C@@H](Cc1ccccc1F)C(=O)N[C@@H](CC(=O)OCc1ccccc1)C(N)=O. The van der Waals surface area contributed by atoms with Crippen LogP contribution in [-0.4, -0.2) is 35.8 Å². The Morgan fingerprint density at radius 2 is 1.61 bits per heavy atom. The second kappa shape index (κ2) is 11.4. The van der Waals surface area contributed by atoms with Crippen molar-refractivity contribution in [3.05, 3.63) is 71.5 Å². The van der Waals surface area contributed by atoms with Gasteiger partial charge >= 0.3 is 5.97 Å². The summed E-state index contributed by atoms with van der Waals surface area (Å²) in [5.74, 6) is -3.52. The van der Waals surface area contributed by atoms with Crippen molar-refractivity contribution in [3.8, 4) is 0 Å². The number of amides is 3. The van der Waals surface area contributed by atoms with Gasteiger partial charge in [-0.3, -0.25) is 19.2 Å². The second-order valence-corrected chi connectivity index (χ2v) is 6.86. The minimum atomic E-state index is -1.35. The largest absolute Gasteiger partial charge is 0.461 e. The van der Waals surface area contributed by atoms with Gasteiger partial charge in [0.25, 0.3) is 0 Å². The molecule has 2 rings (SSSR count). The van der Waals surface area contributed by atoms with Gasteiger partial charge in [-0.2, -0.15) is 0 Å². The van der Waals surface area contributed by atoms with E-state index in [9.17, 15) is 23.6 Å². The number of halogens is 1. The van der Waals surface area contributed by atoms with Gasteiger partial charge in [0.2, 0.25) is 17.7 Å². The maximum Gasteiger partial charge on any atom is 0.308 e. The zero-order chi connectivity index (χ0) is 22.8. The van der Waals surface area contributed by atoms with Crippen LogP contribution in [0.1, 0.15) is 24.5 Å². The van der Waals surface area contributed by atoms with Crippen LogP contribution in [0.3, 0.4) is 0 Å². The lowest BCUT2D eigenvalue weighted by molar-refractivity contribution is -0.147. The van der Waals surface area contributed by atoms with E-state index in [0.717, 1.165) is 5.56 Å². The van der Waals surface area contributed by atoms with Crippen molar-refractivity contribution in [2.75, 3.05) is 0 Å². The summed E-state index contributed by atoms with van der Waals surface area (Å²) in [6.07, 6.45) is -0.636. The molecule has 0 heterocycles. The van der Waals surface area contributed by atoms with Crippen LogP contribution in [0.4, 0.5) is 4.39 Å². The Balaban J connectivity index is 2.01. The summed E-state index contributed by atoms with van der Waals surface area (Å²) < 4.78 is 19.1. The minimum Gasteiger partial charge on any atom is -0.461 e. The zero-order valence-electron chi connectivity index (χ0n) is 17.0. The molecule has 0 aliphatic carbocycles. The summed E-state index contributed by atoms with van der Waals surface area (Å²) in [5, 5.41) is 4.75. The number of carbonyl (C=O) groups excluding carboxylic acids is 4. The minimum absolute atomic E-state index is 0.000896. The lowest BCUT2D eigenvalue weighted by atomic mass is 10.0. The van der Waals surface area contributed by atoms with Gasteiger partial charge in [-0.15, -0.1) is 0 Å². The van der Waals surface area contributed by atoms with Crippen LogP contribution in [0.2, 0.25) is 0 Å². The van der Waals surface area contributed by atoms with E-state index in [1.165, 1.54) is 25.1 Å². The molecule has 0 bridgehead atoms. The number of hydrogen-bond donors (Lipinski definition) is 3. The summed E-state index contributed by atoms with van der Waals surface area (Å²) in [4.78, 5) is 48.0. The summed E-state index contributed by atoms with van der Waals surface area (Å²) in [6, 6.07) is 12.2. The zero-order valence-corrected chi connectivity index (χ0v) is 17.0. The Labute approximate surface area is 179 Å². The van der Waals surface area contributed by atoms with E-state index in [1.54, 1.807) is 30.3 Å². The highest BCUT2D eigenvalue weighted by Crippen LogP contribution is 2.10. The fourth-order valence-electron chi connectivity index (χ4n) is 2.80. The third-order valence-electron chi connectivity index (χ3n) is 4.35. The normalized spacial score (nSPS) is 12.3. The number of nitrogens with two attached hydrogens (primary N) is 1.